The Bertz CT molecular complexity index is 537. The average Bonchev–Trinajstić information content (AvgIpc) is 2.86. The first-order valence-electron chi connectivity index (χ1n) is 6.52. The van der Waals surface area contributed by atoms with Gasteiger partial charge in [-0.15, -0.1) is 0 Å². The fourth-order valence-electron chi connectivity index (χ4n) is 2.41. The molecular formula is C15H16N2O2. The van der Waals surface area contributed by atoms with Gasteiger partial charge in [0, 0.05) is 18.3 Å². The van der Waals surface area contributed by atoms with Gasteiger partial charge in [0.25, 0.3) is 0 Å². The summed E-state index contributed by atoms with van der Waals surface area (Å²) in [5.41, 5.74) is 2.25. The van der Waals surface area contributed by atoms with Gasteiger partial charge in [0.1, 0.15) is 6.61 Å². The van der Waals surface area contributed by atoms with Crippen molar-refractivity contribution in [3.63, 3.8) is 0 Å². The summed E-state index contributed by atoms with van der Waals surface area (Å²) < 4.78 is 4.93. The van der Waals surface area contributed by atoms with Gasteiger partial charge < -0.3 is 9.64 Å². The summed E-state index contributed by atoms with van der Waals surface area (Å²) in [6.45, 7) is 1.73. The maximum atomic E-state index is 11.4. The van der Waals surface area contributed by atoms with Crippen molar-refractivity contribution in [1.29, 1.82) is 0 Å². The number of carbonyl (C=O) groups is 1. The van der Waals surface area contributed by atoms with Crippen LogP contribution in [0.3, 0.4) is 0 Å². The number of ether oxygens (including phenoxy) is 1. The second-order valence-electron chi connectivity index (χ2n) is 4.82. The van der Waals surface area contributed by atoms with Gasteiger partial charge in [0.05, 0.1) is 13.1 Å². The molecule has 3 rings (SSSR count). The van der Waals surface area contributed by atoms with Crippen molar-refractivity contribution in [2.45, 2.75) is 18.9 Å². The Balaban J connectivity index is 1.74. The third-order valence-electron chi connectivity index (χ3n) is 3.44. The second-order valence-corrected chi connectivity index (χ2v) is 4.82. The third kappa shape index (κ3) is 2.67. The quantitative estimate of drug-likeness (QED) is 0.835. The van der Waals surface area contributed by atoms with Gasteiger partial charge in [0.15, 0.2) is 0 Å². The first kappa shape index (κ1) is 12.0. The number of allylic oxidation sites excluding steroid dienone is 4. The lowest BCUT2D eigenvalue weighted by atomic mass is 9.93. The summed E-state index contributed by atoms with van der Waals surface area (Å²) in [5.74, 6) is 0.392. The number of hydrogen-bond donors (Lipinski definition) is 0. The number of pyridine rings is 1. The van der Waals surface area contributed by atoms with Gasteiger partial charge in [-0.2, -0.15) is 0 Å². The maximum Gasteiger partial charge on any atom is 0.410 e. The molecule has 1 aliphatic carbocycles. The van der Waals surface area contributed by atoms with E-state index in [9.17, 15) is 4.79 Å². The van der Waals surface area contributed by atoms with Crippen LogP contribution in [-0.4, -0.2) is 29.1 Å². The Morgan fingerprint density at radius 2 is 2.32 bits per heavy atom. The van der Waals surface area contributed by atoms with Gasteiger partial charge in [-0.25, -0.2) is 4.79 Å². The molecule has 19 heavy (non-hydrogen) atoms. The van der Waals surface area contributed by atoms with Crippen LogP contribution in [0.2, 0.25) is 0 Å². The number of nitrogens with zero attached hydrogens (tertiary/aromatic N) is 2. The first-order chi connectivity index (χ1) is 9.33. The molecular weight excluding hydrogens is 240 g/mol. The minimum absolute atomic E-state index is 0.231. The van der Waals surface area contributed by atoms with Crippen LogP contribution in [0.5, 0.6) is 0 Å². The summed E-state index contributed by atoms with van der Waals surface area (Å²) in [6, 6.07) is 2.13. The van der Waals surface area contributed by atoms with E-state index in [0.29, 0.717) is 25.6 Å². The molecule has 1 unspecified atom stereocenters. The van der Waals surface area contributed by atoms with Gasteiger partial charge in [-0.3, -0.25) is 4.98 Å². The number of cyclic esters (lactones) is 1. The Hall–Kier alpha value is -2.10. The molecule has 1 aliphatic heterocycles. The fourth-order valence-corrected chi connectivity index (χ4v) is 2.41. The van der Waals surface area contributed by atoms with E-state index in [1.54, 1.807) is 4.90 Å². The maximum absolute atomic E-state index is 11.4. The molecule has 2 heterocycles. The van der Waals surface area contributed by atoms with Crippen LogP contribution in [0.1, 0.15) is 23.5 Å². The molecule has 2 aliphatic rings. The van der Waals surface area contributed by atoms with E-state index in [4.69, 9.17) is 4.74 Å². The van der Waals surface area contributed by atoms with Crippen LogP contribution in [0.25, 0.3) is 0 Å². The van der Waals surface area contributed by atoms with E-state index >= 15 is 0 Å². The summed E-state index contributed by atoms with van der Waals surface area (Å²) in [5, 5.41) is 0. The molecule has 98 valence electrons. The monoisotopic (exact) mass is 256 g/mol. The standard InChI is InChI=1S/C15H16N2O2/c18-15-17(6-7-19-15)11-12-8-14(10-16-9-12)13-4-2-1-3-5-13/h1-4,8-10,13H,5-7,11H2. The van der Waals surface area contributed by atoms with Crippen LogP contribution >= 0.6 is 0 Å². The SMILES string of the molecule is O=C1OCCN1Cc1cncc(C2C=CC=CC2)c1. The smallest absolute Gasteiger partial charge is 0.410 e. The highest BCUT2D eigenvalue weighted by Crippen LogP contribution is 2.24. The largest absolute Gasteiger partial charge is 0.448 e. The summed E-state index contributed by atoms with van der Waals surface area (Å²) in [4.78, 5) is 17.4. The highest BCUT2D eigenvalue weighted by atomic mass is 16.6. The molecule has 0 radical (unpaired) electrons. The lowest BCUT2D eigenvalue weighted by Crippen LogP contribution is -2.23. The molecule has 4 heteroatoms. The molecule has 1 fully saturated rings. The molecule has 4 nitrogen and oxygen atoms in total. The summed E-state index contributed by atoms with van der Waals surface area (Å²) >= 11 is 0. The van der Waals surface area contributed by atoms with Gasteiger partial charge in [0.2, 0.25) is 0 Å². The number of hydrogen-bond acceptors (Lipinski definition) is 3. The third-order valence-corrected chi connectivity index (χ3v) is 3.44. The number of aromatic nitrogens is 1. The van der Waals surface area contributed by atoms with Gasteiger partial charge >= 0.3 is 6.09 Å². The van der Waals surface area contributed by atoms with Crippen LogP contribution < -0.4 is 0 Å². The fraction of sp³-hybridized carbons (Fsp3) is 0.333. The Kier molecular flexibility index (Phi) is 3.31. The highest BCUT2D eigenvalue weighted by Gasteiger charge is 2.22. The minimum Gasteiger partial charge on any atom is -0.448 e. The van der Waals surface area contributed by atoms with E-state index in [1.165, 1.54) is 5.56 Å². The second kappa shape index (κ2) is 5.26. The van der Waals surface area contributed by atoms with Crippen molar-refractivity contribution in [1.82, 2.24) is 9.88 Å². The Morgan fingerprint density at radius 1 is 1.37 bits per heavy atom. The number of rotatable bonds is 3. The molecule has 0 N–H and O–H groups in total. The van der Waals surface area contributed by atoms with Gasteiger partial charge in [-0.05, 0) is 17.5 Å². The molecule has 1 atom stereocenters. The van der Waals surface area contributed by atoms with Crippen molar-refractivity contribution >= 4 is 6.09 Å². The summed E-state index contributed by atoms with van der Waals surface area (Å²) in [6.07, 6.45) is 13.0. The number of carbonyl (C=O) groups excluding carboxylic acids is 1. The molecule has 0 saturated carbocycles. The number of amides is 1. The van der Waals surface area contributed by atoms with Crippen LogP contribution in [0, 0.1) is 0 Å². The predicted octanol–water partition coefficient (Wildman–Crippen LogP) is 2.63. The van der Waals surface area contributed by atoms with Crippen molar-refractivity contribution in [2.24, 2.45) is 0 Å². The molecule has 0 aromatic carbocycles. The average molecular weight is 256 g/mol. The molecule has 1 aromatic rings. The lowest BCUT2D eigenvalue weighted by Gasteiger charge is -2.16. The van der Waals surface area contributed by atoms with E-state index in [1.807, 2.05) is 12.4 Å². The van der Waals surface area contributed by atoms with E-state index in [2.05, 4.69) is 35.4 Å². The minimum atomic E-state index is -0.231. The van der Waals surface area contributed by atoms with E-state index < -0.39 is 0 Å². The van der Waals surface area contributed by atoms with Crippen molar-refractivity contribution in [3.05, 3.63) is 53.9 Å². The Morgan fingerprint density at radius 3 is 3.05 bits per heavy atom. The highest BCUT2D eigenvalue weighted by molar-refractivity contribution is 5.69. The van der Waals surface area contributed by atoms with Crippen molar-refractivity contribution < 1.29 is 9.53 Å². The van der Waals surface area contributed by atoms with E-state index in [-0.39, 0.29) is 6.09 Å². The molecule has 0 spiro atoms. The molecule has 1 saturated heterocycles. The van der Waals surface area contributed by atoms with Crippen molar-refractivity contribution in [2.75, 3.05) is 13.2 Å². The first-order valence-corrected chi connectivity index (χ1v) is 6.52. The van der Waals surface area contributed by atoms with Crippen LogP contribution in [-0.2, 0) is 11.3 Å². The topological polar surface area (TPSA) is 42.4 Å². The van der Waals surface area contributed by atoms with Crippen LogP contribution in [0.15, 0.2) is 42.8 Å². The van der Waals surface area contributed by atoms with Gasteiger partial charge in [-0.1, -0.05) is 30.4 Å². The zero-order valence-electron chi connectivity index (χ0n) is 10.7. The summed E-state index contributed by atoms with van der Waals surface area (Å²) in [7, 11) is 0. The zero-order valence-corrected chi connectivity index (χ0v) is 10.7. The lowest BCUT2D eigenvalue weighted by molar-refractivity contribution is 0.157. The molecule has 0 bridgehead atoms. The zero-order chi connectivity index (χ0) is 13.1. The predicted molar refractivity (Wildman–Crippen MR) is 71.6 cm³/mol. The van der Waals surface area contributed by atoms with Crippen LogP contribution in [0.4, 0.5) is 4.79 Å². The normalized spacial score (nSPS) is 21.8. The van der Waals surface area contributed by atoms with E-state index in [0.717, 1.165) is 12.0 Å². The molecule has 1 aromatic heterocycles. The Labute approximate surface area is 112 Å². The molecule has 1 amide bonds. The van der Waals surface area contributed by atoms with Crippen molar-refractivity contribution in [3.8, 4) is 0 Å².